The smallest absolute Gasteiger partial charge is 0.206 e. The average molecular weight is 781 g/mol. The van der Waals surface area contributed by atoms with E-state index < -0.39 is 9.84 Å². The number of hydrogen-bond acceptors (Lipinski definition) is 6. The number of aryl methyl sites for hydroxylation is 1. The molecule has 0 saturated carbocycles. The molecule has 7 heteroatoms. The van der Waals surface area contributed by atoms with Gasteiger partial charge in [0.25, 0.3) is 0 Å². The van der Waals surface area contributed by atoms with E-state index in [0.717, 1.165) is 63.0 Å². The number of benzene rings is 6. The molecule has 0 aliphatic heterocycles. The van der Waals surface area contributed by atoms with Gasteiger partial charge in [-0.1, -0.05) is 90.5 Å². The van der Waals surface area contributed by atoms with E-state index in [1.165, 1.54) is 0 Å². The van der Waals surface area contributed by atoms with E-state index in [4.69, 9.17) is 9.47 Å². The highest BCUT2D eigenvalue weighted by Crippen LogP contribution is 2.36. The minimum Gasteiger partial charge on any atom is -0.497 e. The molecule has 2 aliphatic rings. The lowest BCUT2D eigenvalue weighted by molar-refractivity contribution is 0.251. The van der Waals surface area contributed by atoms with Gasteiger partial charge in [-0.3, -0.25) is 0 Å². The first-order valence-electron chi connectivity index (χ1n) is 19.4. The summed E-state index contributed by atoms with van der Waals surface area (Å²) in [6.07, 6.45) is 16.5. The summed E-state index contributed by atoms with van der Waals surface area (Å²) in [6, 6.07) is 51.2. The number of ether oxygens (including phenoxy) is 2. The first-order valence-corrected chi connectivity index (χ1v) is 20.8. The van der Waals surface area contributed by atoms with Crippen molar-refractivity contribution in [2.75, 3.05) is 16.9 Å². The van der Waals surface area contributed by atoms with E-state index in [1.54, 1.807) is 43.5 Å². The van der Waals surface area contributed by atoms with Crippen molar-refractivity contribution in [3.63, 3.8) is 0 Å². The molecule has 2 aliphatic carbocycles. The number of sulfone groups is 1. The van der Waals surface area contributed by atoms with Gasteiger partial charge in [0.15, 0.2) is 0 Å². The third-order valence-electron chi connectivity index (χ3n) is 10.2. The summed E-state index contributed by atoms with van der Waals surface area (Å²) < 4.78 is 38.0. The zero-order valence-electron chi connectivity index (χ0n) is 32.5. The molecule has 6 aromatic carbocycles. The molecule has 8 rings (SSSR count). The molecule has 288 valence electrons. The number of allylic oxidation sites excluding steroid dienone is 6. The quantitative estimate of drug-likeness (QED) is 0.123. The van der Waals surface area contributed by atoms with Crippen LogP contribution in [0.3, 0.4) is 0 Å². The summed E-state index contributed by atoms with van der Waals surface area (Å²) >= 11 is 0. The second-order valence-electron chi connectivity index (χ2n) is 14.1. The van der Waals surface area contributed by atoms with Crippen molar-refractivity contribution >= 4 is 38.2 Å². The van der Waals surface area contributed by atoms with Gasteiger partial charge in [0.1, 0.15) is 17.6 Å². The van der Waals surface area contributed by atoms with Crippen LogP contribution in [0.2, 0.25) is 0 Å². The molecule has 1 atom stereocenters. The molecule has 0 radical (unpaired) electrons. The van der Waals surface area contributed by atoms with Crippen LogP contribution in [0.15, 0.2) is 221 Å². The number of rotatable bonds is 12. The Hall–Kier alpha value is -6.83. The van der Waals surface area contributed by atoms with Crippen molar-refractivity contribution in [3.8, 4) is 11.5 Å². The summed E-state index contributed by atoms with van der Waals surface area (Å²) in [5, 5.41) is 0. The number of anilines is 4. The molecule has 0 bridgehead atoms. The van der Waals surface area contributed by atoms with Crippen molar-refractivity contribution in [1.29, 1.82) is 0 Å². The highest BCUT2D eigenvalue weighted by Gasteiger charge is 2.21. The number of para-hydroxylation sites is 2. The molecule has 0 N–H and O–H groups in total. The number of nitrogens with zero attached hydrogens (tertiary/aromatic N) is 2. The lowest BCUT2D eigenvalue weighted by Crippen LogP contribution is -2.21. The molecular formula is C51H44N2O4S. The molecule has 0 fully saturated rings. The summed E-state index contributed by atoms with van der Waals surface area (Å²) in [5.74, 6) is 1.44. The van der Waals surface area contributed by atoms with Crippen LogP contribution in [0, 0.1) is 6.92 Å². The van der Waals surface area contributed by atoms with Gasteiger partial charge < -0.3 is 19.3 Å². The van der Waals surface area contributed by atoms with Gasteiger partial charge in [0, 0.05) is 40.6 Å². The second kappa shape index (κ2) is 17.1. The van der Waals surface area contributed by atoms with Crippen LogP contribution < -0.4 is 19.3 Å². The van der Waals surface area contributed by atoms with Crippen molar-refractivity contribution < 1.29 is 17.9 Å². The molecule has 0 saturated heterocycles. The van der Waals surface area contributed by atoms with Crippen molar-refractivity contribution in [2.45, 2.75) is 35.7 Å². The van der Waals surface area contributed by atoms with Gasteiger partial charge in [-0.05, 0) is 140 Å². The first-order chi connectivity index (χ1) is 28.4. The summed E-state index contributed by atoms with van der Waals surface area (Å²) in [4.78, 5) is 5.04. The third-order valence-corrected chi connectivity index (χ3v) is 12.0. The topological polar surface area (TPSA) is 59.1 Å². The fourth-order valence-corrected chi connectivity index (χ4v) is 8.41. The fraction of sp³-hybridized carbons (Fsp3) is 0.0980. The van der Waals surface area contributed by atoms with E-state index >= 15 is 0 Å². The Morgan fingerprint density at radius 3 is 1.60 bits per heavy atom. The third kappa shape index (κ3) is 8.45. The van der Waals surface area contributed by atoms with Crippen LogP contribution in [0.1, 0.15) is 24.0 Å². The molecule has 0 aromatic heterocycles. The van der Waals surface area contributed by atoms with E-state index in [9.17, 15) is 8.42 Å². The van der Waals surface area contributed by atoms with Crippen LogP contribution in [-0.4, -0.2) is 21.6 Å². The van der Waals surface area contributed by atoms with Gasteiger partial charge >= 0.3 is 0 Å². The average Bonchev–Trinajstić information content (AvgIpc) is 3.52. The maximum absolute atomic E-state index is 13.2. The van der Waals surface area contributed by atoms with Gasteiger partial charge in [0.2, 0.25) is 9.84 Å². The Morgan fingerprint density at radius 1 is 0.534 bits per heavy atom. The monoisotopic (exact) mass is 780 g/mol. The van der Waals surface area contributed by atoms with Crippen molar-refractivity contribution in [1.82, 2.24) is 0 Å². The van der Waals surface area contributed by atoms with Crippen molar-refractivity contribution in [2.24, 2.45) is 0 Å². The maximum Gasteiger partial charge on any atom is 0.206 e. The summed E-state index contributed by atoms with van der Waals surface area (Å²) in [7, 11) is -1.93. The lowest BCUT2D eigenvalue weighted by Gasteiger charge is -2.29. The SMILES string of the molecule is COc1ccc(N(C2=CCC=C(c3ccc(N(C4=CCC(Oc5ccc(S(=O)(=O)c6ccc(C)cc6)cc5)C=C4)c4ccccc4)cc3)C=C2)c2ccccc2)cc1. The molecule has 1 unspecified atom stereocenters. The minimum atomic E-state index is -3.61. The van der Waals surface area contributed by atoms with Crippen LogP contribution in [0.5, 0.6) is 11.5 Å². The maximum atomic E-state index is 13.2. The molecule has 6 aromatic rings. The Morgan fingerprint density at radius 2 is 1.05 bits per heavy atom. The van der Waals surface area contributed by atoms with E-state index in [0.29, 0.717) is 12.2 Å². The lowest BCUT2D eigenvalue weighted by atomic mass is 10.0. The van der Waals surface area contributed by atoms with Gasteiger partial charge in [-0.2, -0.15) is 0 Å². The zero-order valence-corrected chi connectivity index (χ0v) is 33.3. The minimum absolute atomic E-state index is 0.196. The molecule has 58 heavy (non-hydrogen) atoms. The van der Waals surface area contributed by atoms with Crippen LogP contribution in [-0.2, 0) is 9.84 Å². The predicted molar refractivity (Wildman–Crippen MR) is 236 cm³/mol. The molecule has 0 amide bonds. The standard InChI is InChI=1S/C51H44N2O4S/c1-38-16-34-50(35-17-38)58(54,55)51-36-32-49(33-37-51)57-48-30-26-46(27-31-48)53(42-13-7-4-8-14-42)44-22-19-40(20-23-44)39-10-9-15-43(21-18-39)52(41-11-5-3-6-12-41)45-24-28-47(56-2)29-25-45/h3-8,10-30,32-37,48H,9,31H2,1-2H3. The first kappa shape index (κ1) is 38.1. The van der Waals surface area contributed by atoms with Crippen LogP contribution >= 0.6 is 0 Å². The highest BCUT2D eigenvalue weighted by molar-refractivity contribution is 7.91. The molecule has 0 heterocycles. The Balaban J connectivity index is 0.973. The Labute approximate surface area is 341 Å². The molecular weight excluding hydrogens is 737 g/mol. The summed E-state index contributed by atoms with van der Waals surface area (Å²) in [5.41, 5.74) is 9.68. The Kier molecular flexibility index (Phi) is 11.2. The van der Waals surface area contributed by atoms with Crippen LogP contribution in [0.25, 0.3) is 5.57 Å². The van der Waals surface area contributed by atoms with E-state index in [2.05, 4.69) is 137 Å². The largest absolute Gasteiger partial charge is 0.497 e. The second-order valence-corrected chi connectivity index (χ2v) is 16.1. The number of methoxy groups -OCH3 is 1. The molecule has 6 nitrogen and oxygen atoms in total. The Bertz CT molecular complexity index is 2610. The summed E-state index contributed by atoms with van der Waals surface area (Å²) in [6.45, 7) is 1.93. The van der Waals surface area contributed by atoms with Gasteiger partial charge in [0.05, 0.1) is 16.9 Å². The predicted octanol–water partition coefficient (Wildman–Crippen LogP) is 12.3. The molecule has 0 spiro atoms. The van der Waals surface area contributed by atoms with Crippen LogP contribution in [0.4, 0.5) is 22.7 Å². The van der Waals surface area contributed by atoms with Gasteiger partial charge in [-0.15, -0.1) is 0 Å². The van der Waals surface area contributed by atoms with Crippen molar-refractivity contribution in [3.05, 3.63) is 223 Å². The highest BCUT2D eigenvalue weighted by atomic mass is 32.2. The van der Waals surface area contributed by atoms with E-state index in [-0.39, 0.29) is 15.9 Å². The normalized spacial score (nSPS) is 15.1. The van der Waals surface area contributed by atoms with E-state index in [1.807, 2.05) is 43.3 Å². The zero-order chi connectivity index (χ0) is 39.9. The van der Waals surface area contributed by atoms with Gasteiger partial charge in [-0.25, -0.2) is 8.42 Å². The number of hydrogen-bond donors (Lipinski definition) is 0. The fourth-order valence-electron chi connectivity index (χ4n) is 7.15.